The average molecular weight is 464 g/mol. The quantitative estimate of drug-likeness (QED) is 0.543. The zero-order valence-electron chi connectivity index (χ0n) is 18.1. The number of anilines is 1. The van der Waals surface area contributed by atoms with Gasteiger partial charge in [-0.3, -0.25) is 14.5 Å². The van der Waals surface area contributed by atoms with E-state index in [1.165, 1.54) is 16.9 Å². The standard InChI is InChI=1S/C25H25N3O4S/c29-23(28-14-12-27(13-15-28)17-19-7-2-1-3-8-19)18-32-25(31)20-9-4-5-10-21(20)26-24(30)22-11-6-16-33-22/h1-11,16H,12-15,17-18H2,(H,26,30). The minimum Gasteiger partial charge on any atom is -0.452 e. The van der Waals surface area contributed by atoms with Crippen LogP contribution in [0.4, 0.5) is 5.69 Å². The fourth-order valence-electron chi connectivity index (χ4n) is 3.66. The van der Waals surface area contributed by atoms with Crippen molar-refractivity contribution in [1.29, 1.82) is 0 Å². The normalized spacial score (nSPS) is 14.0. The second-order valence-corrected chi connectivity index (χ2v) is 8.64. The number of carbonyl (C=O) groups excluding carboxylic acids is 3. The monoisotopic (exact) mass is 463 g/mol. The van der Waals surface area contributed by atoms with E-state index in [9.17, 15) is 14.4 Å². The van der Waals surface area contributed by atoms with E-state index in [1.807, 2.05) is 23.6 Å². The number of carbonyl (C=O) groups is 3. The molecule has 1 aromatic heterocycles. The van der Waals surface area contributed by atoms with Gasteiger partial charge in [0.2, 0.25) is 0 Å². The van der Waals surface area contributed by atoms with Crippen molar-refractivity contribution in [2.24, 2.45) is 0 Å². The summed E-state index contributed by atoms with van der Waals surface area (Å²) in [6.07, 6.45) is 0. The third-order valence-electron chi connectivity index (χ3n) is 5.44. The van der Waals surface area contributed by atoms with E-state index in [0.29, 0.717) is 23.7 Å². The SMILES string of the molecule is O=C(Nc1ccccc1C(=O)OCC(=O)N1CCN(Cc2ccccc2)CC1)c1cccs1. The first kappa shape index (κ1) is 22.7. The molecule has 7 nitrogen and oxygen atoms in total. The smallest absolute Gasteiger partial charge is 0.340 e. The van der Waals surface area contributed by atoms with Crippen LogP contribution in [0.2, 0.25) is 0 Å². The van der Waals surface area contributed by atoms with Gasteiger partial charge < -0.3 is 15.0 Å². The molecule has 2 amide bonds. The van der Waals surface area contributed by atoms with Gasteiger partial charge in [-0.25, -0.2) is 4.79 Å². The lowest BCUT2D eigenvalue weighted by atomic mass is 10.1. The highest BCUT2D eigenvalue weighted by molar-refractivity contribution is 7.12. The number of esters is 1. The Balaban J connectivity index is 1.27. The van der Waals surface area contributed by atoms with Gasteiger partial charge in [-0.15, -0.1) is 11.3 Å². The molecule has 170 valence electrons. The first-order valence-electron chi connectivity index (χ1n) is 10.8. The van der Waals surface area contributed by atoms with Crippen LogP contribution in [0.1, 0.15) is 25.6 Å². The van der Waals surface area contributed by atoms with Gasteiger partial charge in [-0.1, -0.05) is 48.5 Å². The number of hydrogen-bond donors (Lipinski definition) is 1. The summed E-state index contributed by atoms with van der Waals surface area (Å²) < 4.78 is 5.29. The molecule has 0 aliphatic carbocycles. The van der Waals surface area contributed by atoms with Crippen LogP contribution < -0.4 is 5.32 Å². The summed E-state index contributed by atoms with van der Waals surface area (Å²) in [6.45, 7) is 3.25. The predicted octanol–water partition coefficient (Wildman–Crippen LogP) is 3.50. The van der Waals surface area contributed by atoms with Crippen LogP contribution in [0, 0.1) is 0 Å². The van der Waals surface area contributed by atoms with Crippen LogP contribution in [-0.2, 0) is 16.1 Å². The van der Waals surface area contributed by atoms with Crippen LogP contribution in [0.5, 0.6) is 0 Å². The Bertz CT molecular complexity index is 1090. The molecule has 0 spiro atoms. The van der Waals surface area contributed by atoms with Crippen molar-refractivity contribution in [3.63, 3.8) is 0 Å². The number of amides is 2. The summed E-state index contributed by atoms with van der Waals surface area (Å²) in [5.74, 6) is -1.16. The van der Waals surface area contributed by atoms with E-state index < -0.39 is 5.97 Å². The van der Waals surface area contributed by atoms with Gasteiger partial charge in [0.1, 0.15) is 0 Å². The molecule has 0 radical (unpaired) electrons. The molecule has 0 atom stereocenters. The molecule has 33 heavy (non-hydrogen) atoms. The minimum atomic E-state index is -0.645. The summed E-state index contributed by atoms with van der Waals surface area (Å²) in [5, 5.41) is 4.55. The van der Waals surface area contributed by atoms with Gasteiger partial charge in [0.05, 0.1) is 16.1 Å². The molecule has 0 saturated carbocycles. The Morgan fingerprint density at radius 1 is 0.879 bits per heavy atom. The van der Waals surface area contributed by atoms with Crippen molar-refractivity contribution < 1.29 is 19.1 Å². The average Bonchev–Trinajstić information content (AvgIpc) is 3.39. The lowest BCUT2D eigenvalue weighted by molar-refractivity contribution is -0.136. The zero-order chi connectivity index (χ0) is 23.0. The number of piperazine rings is 1. The van der Waals surface area contributed by atoms with Crippen molar-refractivity contribution in [2.75, 3.05) is 38.1 Å². The fraction of sp³-hybridized carbons (Fsp3) is 0.240. The number of thiophene rings is 1. The Labute approximate surface area is 196 Å². The molecule has 3 aromatic rings. The van der Waals surface area contributed by atoms with E-state index in [-0.39, 0.29) is 24.0 Å². The summed E-state index contributed by atoms with van der Waals surface area (Å²) in [4.78, 5) is 42.1. The molecule has 4 rings (SSSR count). The molecule has 1 aliphatic heterocycles. The summed E-state index contributed by atoms with van der Waals surface area (Å²) in [7, 11) is 0. The Hall–Kier alpha value is -3.49. The Kier molecular flexibility index (Phi) is 7.49. The highest BCUT2D eigenvalue weighted by Gasteiger charge is 2.23. The molecular weight excluding hydrogens is 438 g/mol. The van der Waals surface area contributed by atoms with Crippen LogP contribution in [0.15, 0.2) is 72.1 Å². The Morgan fingerprint density at radius 2 is 1.61 bits per heavy atom. The number of nitrogens with zero attached hydrogens (tertiary/aromatic N) is 2. The number of para-hydroxylation sites is 1. The van der Waals surface area contributed by atoms with Gasteiger partial charge >= 0.3 is 5.97 Å². The van der Waals surface area contributed by atoms with E-state index in [1.54, 1.807) is 41.3 Å². The summed E-state index contributed by atoms with van der Waals surface area (Å²) >= 11 is 1.31. The summed E-state index contributed by atoms with van der Waals surface area (Å²) in [5.41, 5.74) is 1.81. The number of hydrogen-bond acceptors (Lipinski definition) is 6. The molecule has 0 bridgehead atoms. The number of rotatable bonds is 7. The maximum Gasteiger partial charge on any atom is 0.340 e. The molecule has 8 heteroatoms. The Morgan fingerprint density at radius 3 is 2.33 bits per heavy atom. The zero-order valence-corrected chi connectivity index (χ0v) is 18.9. The van der Waals surface area contributed by atoms with Crippen molar-refractivity contribution in [2.45, 2.75) is 6.54 Å². The maximum atomic E-state index is 12.6. The molecular formula is C25H25N3O4S. The summed E-state index contributed by atoms with van der Waals surface area (Å²) in [6, 6.07) is 20.3. The van der Waals surface area contributed by atoms with Crippen LogP contribution in [0.3, 0.4) is 0 Å². The lowest BCUT2D eigenvalue weighted by Gasteiger charge is -2.34. The van der Waals surface area contributed by atoms with Crippen molar-refractivity contribution in [3.8, 4) is 0 Å². The van der Waals surface area contributed by atoms with Crippen LogP contribution in [0.25, 0.3) is 0 Å². The topological polar surface area (TPSA) is 78.9 Å². The van der Waals surface area contributed by atoms with Gasteiger partial charge in [0.15, 0.2) is 6.61 Å². The minimum absolute atomic E-state index is 0.211. The molecule has 1 saturated heterocycles. The highest BCUT2D eigenvalue weighted by Crippen LogP contribution is 2.19. The molecule has 2 heterocycles. The van der Waals surface area contributed by atoms with Gasteiger partial charge in [-0.05, 0) is 29.1 Å². The molecule has 1 fully saturated rings. The fourth-order valence-corrected chi connectivity index (χ4v) is 4.27. The van der Waals surface area contributed by atoms with E-state index in [0.717, 1.165) is 19.6 Å². The largest absolute Gasteiger partial charge is 0.452 e. The van der Waals surface area contributed by atoms with Crippen molar-refractivity contribution in [3.05, 3.63) is 88.1 Å². The predicted molar refractivity (Wildman–Crippen MR) is 127 cm³/mol. The molecule has 1 N–H and O–H groups in total. The van der Waals surface area contributed by atoms with Crippen molar-refractivity contribution in [1.82, 2.24) is 9.80 Å². The van der Waals surface area contributed by atoms with Gasteiger partial charge in [0, 0.05) is 32.7 Å². The first-order valence-corrected chi connectivity index (χ1v) is 11.6. The second-order valence-electron chi connectivity index (χ2n) is 7.70. The third kappa shape index (κ3) is 6.06. The van der Waals surface area contributed by atoms with Crippen LogP contribution >= 0.6 is 11.3 Å². The van der Waals surface area contributed by atoms with Gasteiger partial charge in [-0.2, -0.15) is 0 Å². The van der Waals surface area contributed by atoms with E-state index in [4.69, 9.17) is 4.74 Å². The maximum absolute atomic E-state index is 12.6. The van der Waals surface area contributed by atoms with Crippen molar-refractivity contribution >= 4 is 34.8 Å². The number of benzene rings is 2. The van der Waals surface area contributed by atoms with E-state index >= 15 is 0 Å². The number of nitrogens with one attached hydrogen (secondary N) is 1. The number of ether oxygens (including phenoxy) is 1. The second kappa shape index (κ2) is 10.9. The molecule has 2 aromatic carbocycles. The third-order valence-corrected chi connectivity index (χ3v) is 6.31. The van der Waals surface area contributed by atoms with Crippen LogP contribution in [-0.4, -0.2) is 60.4 Å². The molecule has 0 unspecified atom stereocenters. The highest BCUT2D eigenvalue weighted by atomic mass is 32.1. The van der Waals surface area contributed by atoms with E-state index in [2.05, 4.69) is 22.3 Å². The first-order chi connectivity index (χ1) is 16.1. The molecule has 1 aliphatic rings. The lowest BCUT2D eigenvalue weighted by Crippen LogP contribution is -2.49. The van der Waals surface area contributed by atoms with Gasteiger partial charge in [0.25, 0.3) is 11.8 Å².